The minimum absolute atomic E-state index is 0.129. The highest BCUT2D eigenvalue weighted by Gasteiger charge is 1.96. The van der Waals surface area contributed by atoms with Gasteiger partial charge in [-0.25, -0.2) is 0 Å². The molecule has 0 saturated heterocycles. The maximum atomic E-state index is 10.0. The van der Waals surface area contributed by atoms with Gasteiger partial charge in [0.05, 0.1) is 4.88 Å². The summed E-state index contributed by atoms with van der Waals surface area (Å²) >= 11 is 9.42. The number of carbonyl (C=O) groups excluding carboxylic acids is 1. The Labute approximate surface area is 141 Å². The first-order valence-electron chi connectivity index (χ1n) is 5.04. The van der Waals surface area contributed by atoms with Gasteiger partial charge in [-0.2, -0.15) is 10.5 Å². The predicted molar refractivity (Wildman–Crippen MR) is 88.6 cm³/mol. The van der Waals surface area contributed by atoms with Crippen LogP contribution in [-0.2, 0) is 0 Å². The van der Waals surface area contributed by atoms with E-state index in [2.05, 4.69) is 31.9 Å². The zero-order valence-electron chi connectivity index (χ0n) is 9.84. The van der Waals surface area contributed by atoms with Gasteiger partial charge in [0.2, 0.25) is 0 Å². The van der Waals surface area contributed by atoms with Crippen LogP contribution in [0.15, 0.2) is 37.4 Å². The van der Waals surface area contributed by atoms with E-state index >= 15 is 0 Å². The second kappa shape index (κ2) is 8.83. The molecule has 0 saturated carbocycles. The Balaban J connectivity index is 0.000000217. The number of nitrogens with zero attached hydrogens (tertiary/aromatic N) is 2. The topological polar surface area (TPSA) is 64.7 Å². The molecule has 2 heterocycles. The minimum atomic E-state index is 0.129. The van der Waals surface area contributed by atoms with Crippen LogP contribution in [-0.4, -0.2) is 6.29 Å². The summed E-state index contributed by atoms with van der Waals surface area (Å²) in [6, 6.07) is 7.25. The lowest BCUT2D eigenvalue weighted by atomic mass is 10.3. The molecule has 0 aliphatic heterocycles. The van der Waals surface area contributed by atoms with Crippen LogP contribution in [0.1, 0.15) is 14.5 Å². The van der Waals surface area contributed by atoms with Gasteiger partial charge < -0.3 is 0 Å². The minimum Gasteiger partial charge on any atom is -0.297 e. The maximum Gasteiger partial charge on any atom is 0.160 e. The number of rotatable bonds is 2. The lowest BCUT2D eigenvalue weighted by molar-refractivity contribution is 0.112. The third kappa shape index (κ3) is 5.81. The van der Waals surface area contributed by atoms with Gasteiger partial charge in [0, 0.05) is 24.6 Å². The molecule has 0 aliphatic rings. The van der Waals surface area contributed by atoms with Crippen molar-refractivity contribution in [1.82, 2.24) is 0 Å². The number of hydrogen-bond donors (Lipinski definition) is 0. The molecule has 20 heavy (non-hydrogen) atoms. The molecule has 100 valence electrons. The Morgan fingerprint density at radius 3 is 1.85 bits per heavy atom. The fourth-order valence-corrected chi connectivity index (χ4v) is 3.65. The van der Waals surface area contributed by atoms with E-state index in [9.17, 15) is 4.79 Å². The van der Waals surface area contributed by atoms with Crippen LogP contribution in [0.2, 0.25) is 0 Å². The number of allylic oxidation sites excluding steroid dienone is 1. The van der Waals surface area contributed by atoms with E-state index in [1.54, 1.807) is 24.3 Å². The summed E-state index contributed by atoms with van der Waals surface area (Å²) in [5.74, 6) is 0. The first-order chi connectivity index (χ1) is 9.58. The van der Waals surface area contributed by atoms with Gasteiger partial charge in [-0.15, -0.1) is 22.7 Å². The Bertz CT molecular complexity index is 689. The van der Waals surface area contributed by atoms with Gasteiger partial charge in [0.15, 0.2) is 6.29 Å². The summed E-state index contributed by atoms with van der Waals surface area (Å²) in [5, 5.41) is 20.7. The van der Waals surface area contributed by atoms with E-state index in [1.807, 2.05) is 16.8 Å². The van der Waals surface area contributed by atoms with Crippen molar-refractivity contribution in [2.75, 3.05) is 0 Å². The Kier molecular flexibility index (Phi) is 7.42. The van der Waals surface area contributed by atoms with Gasteiger partial charge in [0.25, 0.3) is 0 Å². The Hall–Kier alpha value is -1.25. The molecular weight excluding hydrogens is 424 g/mol. The van der Waals surface area contributed by atoms with E-state index in [0.29, 0.717) is 0 Å². The molecule has 0 amide bonds. The van der Waals surface area contributed by atoms with Crippen molar-refractivity contribution in [1.29, 1.82) is 10.5 Å². The van der Waals surface area contributed by atoms with Crippen LogP contribution < -0.4 is 0 Å². The van der Waals surface area contributed by atoms with Crippen LogP contribution in [0, 0.1) is 22.7 Å². The molecule has 0 spiro atoms. The second-order valence-electron chi connectivity index (χ2n) is 3.23. The molecule has 0 atom stereocenters. The number of thiophene rings is 2. The smallest absolute Gasteiger partial charge is 0.160 e. The molecule has 0 fully saturated rings. The summed E-state index contributed by atoms with van der Waals surface area (Å²) in [6.45, 7) is 0. The summed E-state index contributed by atoms with van der Waals surface area (Å²) in [6.07, 6.45) is 2.41. The molecule has 0 aliphatic carbocycles. The highest BCUT2D eigenvalue weighted by atomic mass is 79.9. The van der Waals surface area contributed by atoms with E-state index in [4.69, 9.17) is 10.5 Å². The number of aldehydes is 1. The average Bonchev–Trinajstić information content (AvgIpc) is 3.05. The molecule has 2 aromatic rings. The van der Waals surface area contributed by atoms with Crippen LogP contribution in [0.3, 0.4) is 0 Å². The summed E-state index contributed by atoms with van der Waals surface area (Å²) in [5.41, 5.74) is 0.129. The van der Waals surface area contributed by atoms with Crippen molar-refractivity contribution in [2.24, 2.45) is 0 Å². The SMILES string of the molecule is N#CC(C#N)=Cc1cc(Br)cs1.O=Cc1cc(Br)cs1. The lowest BCUT2D eigenvalue weighted by Gasteiger charge is -1.80. The molecule has 7 heteroatoms. The normalized spacial score (nSPS) is 8.60. The molecule has 0 bridgehead atoms. The molecule has 2 rings (SSSR count). The van der Waals surface area contributed by atoms with E-state index in [-0.39, 0.29) is 5.57 Å². The Morgan fingerprint density at radius 1 is 1.05 bits per heavy atom. The summed E-state index contributed by atoms with van der Waals surface area (Å²) in [7, 11) is 0. The third-order valence-electron chi connectivity index (χ3n) is 1.82. The first kappa shape index (κ1) is 16.8. The number of carbonyl (C=O) groups is 1. The number of nitriles is 2. The molecule has 3 nitrogen and oxygen atoms in total. The molecule has 0 aromatic carbocycles. The number of hydrogen-bond acceptors (Lipinski definition) is 5. The van der Waals surface area contributed by atoms with Crippen LogP contribution in [0.25, 0.3) is 6.08 Å². The quantitative estimate of drug-likeness (QED) is 0.482. The number of halogens is 2. The van der Waals surface area contributed by atoms with Crippen LogP contribution in [0.5, 0.6) is 0 Å². The van der Waals surface area contributed by atoms with Gasteiger partial charge in [-0.1, -0.05) is 0 Å². The molecule has 2 aromatic heterocycles. The maximum absolute atomic E-state index is 10.0. The largest absolute Gasteiger partial charge is 0.297 e. The molecule has 0 N–H and O–H groups in total. The van der Waals surface area contributed by atoms with E-state index in [0.717, 1.165) is 25.0 Å². The van der Waals surface area contributed by atoms with Gasteiger partial charge in [0.1, 0.15) is 17.7 Å². The fraction of sp³-hybridized carbons (Fsp3) is 0. The van der Waals surface area contributed by atoms with Crippen molar-refractivity contribution >= 4 is 66.9 Å². The standard InChI is InChI=1S/C8H3BrN2S.C5H3BrOS/c9-7-2-8(12-5-7)1-6(3-10)4-11;6-4-1-5(2-7)8-3-4/h1-2,5H;1-3H. The monoisotopic (exact) mass is 428 g/mol. The van der Waals surface area contributed by atoms with Gasteiger partial charge >= 0.3 is 0 Å². The fourth-order valence-electron chi connectivity index (χ4n) is 1.03. The van der Waals surface area contributed by atoms with Crippen molar-refractivity contribution in [2.45, 2.75) is 0 Å². The van der Waals surface area contributed by atoms with Gasteiger partial charge in [-0.3, -0.25) is 4.79 Å². The first-order valence-corrected chi connectivity index (χ1v) is 8.38. The molecular formula is C13H6Br2N2OS2. The third-order valence-corrected chi connectivity index (χ3v) is 5.08. The molecule has 0 unspecified atom stereocenters. The highest BCUT2D eigenvalue weighted by molar-refractivity contribution is 9.10. The second-order valence-corrected chi connectivity index (χ2v) is 6.95. The van der Waals surface area contributed by atoms with Crippen molar-refractivity contribution in [3.63, 3.8) is 0 Å². The average molecular weight is 430 g/mol. The van der Waals surface area contributed by atoms with Crippen molar-refractivity contribution in [3.8, 4) is 12.1 Å². The Morgan fingerprint density at radius 2 is 1.55 bits per heavy atom. The highest BCUT2D eigenvalue weighted by Crippen LogP contribution is 2.21. The van der Waals surface area contributed by atoms with E-state index < -0.39 is 0 Å². The van der Waals surface area contributed by atoms with Gasteiger partial charge in [-0.05, 0) is 50.1 Å². The van der Waals surface area contributed by atoms with Crippen LogP contribution >= 0.6 is 54.5 Å². The molecule has 0 radical (unpaired) electrons. The zero-order chi connectivity index (χ0) is 15.0. The van der Waals surface area contributed by atoms with E-state index in [1.165, 1.54) is 22.7 Å². The summed E-state index contributed by atoms with van der Waals surface area (Å²) in [4.78, 5) is 11.7. The summed E-state index contributed by atoms with van der Waals surface area (Å²) < 4.78 is 1.94. The zero-order valence-corrected chi connectivity index (χ0v) is 14.6. The van der Waals surface area contributed by atoms with Crippen molar-refractivity contribution < 1.29 is 4.79 Å². The predicted octanol–water partition coefficient (Wildman–Crippen LogP) is 5.26. The lowest BCUT2D eigenvalue weighted by Crippen LogP contribution is -1.68. The van der Waals surface area contributed by atoms with Crippen molar-refractivity contribution in [3.05, 3.63) is 47.2 Å². The van der Waals surface area contributed by atoms with Crippen LogP contribution in [0.4, 0.5) is 0 Å².